The predicted molar refractivity (Wildman–Crippen MR) is 66.4 cm³/mol. The fourth-order valence-corrected chi connectivity index (χ4v) is 2.75. The van der Waals surface area contributed by atoms with E-state index in [1.165, 1.54) is 0 Å². The number of nitro groups is 1. The first-order valence-corrected chi connectivity index (χ1v) is 6.32. The largest absolute Gasteiger partial charge is 0.300 e. The van der Waals surface area contributed by atoms with E-state index in [-0.39, 0.29) is 22.7 Å². The van der Waals surface area contributed by atoms with Gasteiger partial charge >= 0.3 is 0 Å². The molecule has 1 rings (SSSR count). The highest BCUT2D eigenvalue weighted by Crippen LogP contribution is 2.39. The summed E-state index contributed by atoms with van der Waals surface area (Å²) >= 11 is 0. The lowest BCUT2D eigenvalue weighted by Crippen LogP contribution is -2.35. The average molecular weight is 239 g/mol. The number of carbonyl (C=O) groups excluding carboxylic acids is 1. The second-order valence-corrected chi connectivity index (χ2v) is 5.09. The molecule has 0 aromatic rings. The summed E-state index contributed by atoms with van der Waals surface area (Å²) in [7, 11) is 0. The molecule has 0 amide bonds. The third-order valence-electron chi connectivity index (χ3n) is 3.56. The molecule has 0 unspecified atom stereocenters. The Hall–Kier alpha value is -1.19. The van der Waals surface area contributed by atoms with Gasteiger partial charge in [0.05, 0.1) is 0 Å². The lowest BCUT2D eigenvalue weighted by molar-refractivity contribution is -0.498. The van der Waals surface area contributed by atoms with E-state index in [9.17, 15) is 14.9 Å². The highest BCUT2D eigenvalue weighted by Gasteiger charge is 2.39. The van der Waals surface area contributed by atoms with Gasteiger partial charge in [-0.05, 0) is 32.1 Å². The first kappa shape index (κ1) is 13.9. The first-order chi connectivity index (χ1) is 8.08. The summed E-state index contributed by atoms with van der Waals surface area (Å²) in [5.74, 6) is 0.196. The normalized spacial score (nSPS) is 24.6. The molecule has 17 heavy (non-hydrogen) atoms. The Kier molecular flexibility index (Phi) is 5.32. The van der Waals surface area contributed by atoms with Crippen LogP contribution in [0.3, 0.4) is 0 Å². The number of unbranched alkanes of at least 4 members (excludes halogenated alkanes) is 2. The van der Waals surface area contributed by atoms with Crippen molar-refractivity contribution >= 4 is 5.78 Å². The van der Waals surface area contributed by atoms with Crippen LogP contribution in [0, 0.1) is 15.5 Å². The van der Waals surface area contributed by atoms with Crippen LogP contribution in [0.15, 0.2) is 12.7 Å². The summed E-state index contributed by atoms with van der Waals surface area (Å²) in [5, 5.41) is 10.7. The van der Waals surface area contributed by atoms with Crippen LogP contribution in [0.5, 0.6) is 0 Å². The molecule has 0 N–H and O–H groups in total. The van der Waals surface area contributed by atoms with Gasteiger partial charge < -0.3 is 0 Å². The smallest absolute Gasteiger partial charge is 0.209 e. The number of allylic oxidation sites excluding steroid dienone is 1. The molecule has 0 aromatic carbocycles. The molecule has 0 saturated heterocycles. The van der Waals surface area contributed by atoms with Crippen molar-refractivity contribution in [3.05, 3.63) is 22.8 Å². The van der Waals surface area contributed by atoms with E-state index in [2.05, 4.69) is 6.58 Å². The van der Waals surface area contributed by atoms with Crippen LogP contribution in [0.4, 0.5) is 0 Å². The summed E-state index contributed by atoms with van der Waals surface area (Å²) in [4.78, 5) is 22.0. The van der Waals surface area contributed by atoms with E-state index in [0.29, 0.717) is 12.8 Å². The highest BCUT2D eigenvalue weighted by atomic mass is 16.6. The molecule has 1 aliphatic rings. The maximum Gasteiger partial charge on any atom is 0.209 e. The topological polar surface area (TPSA) is 60.2 Å². The van der Waals surface area contributed by atoms with Crippen molar-refractivity contribution in [1.82, 2.24) is 0 Å². The van der Waals surface area contributed by atoms with Gasteiger partial charge in [-0.3, -0.25) is 14.9 Å². The number of ketones is 1. The fourth-order valence-electron chi connectivity index (χ4n) is 2.75. The summed E-state index contributed by atoms with van der Waals surface area (Å²) in [6.07, 6.45) is 8.22. The Morgan fingerprint density at radius 2 is 2.24 bits per heavy atom. The number of Topliss-reactive ketones (excluding diaryl/α,β-unsaturated/α-hetero) is 1. The van der Waals surface area contributed by atoms with Gasteiger partial charge in [-0.1, -0.05) is 12.5 Å². The lowest BCUT2D eigenvalue weighted by atomic mass is 9.70. The SMILES string of the molecule is C=CCCCC[C@@]1(C[N+](=O)[O-])CCCC(=O)C1. The number of hydrogen-bond acceptors (Lipinski definition) is 3. The zero-order chi connectivity index (χ0) is 12.7. The van der Waals surface area contributed by atoms with Crippen LogP contribution < -0.4 is 0 Å². The summed E-state index contributed by atoms with van der Waals surface area (Å²) in [5.41, 5.74) is -0.361. The van der Waals surface area contributed by atoms with Crippen molar-refractivity contribution in [2.75, 3.05) is 6.54 Å². The molecule has 0 aromatic heterocycles. The third kappa shape index (κ3) is 4.67. The van der Waals surface area contributed by atoms with Crippen LogP contribution in [0.25, 0.3) is 0 Å². The van der Waals surface area contributed by atoms with E-state index >= 15 is 0 Å². The van der Waals surface area contributed by atoms with Gasteiger partial charge in [0, 0.05) is 23.2 Å². The standard InChI is InChI=1S/C13H21NO3/c1-2-3-4-5-8-13(11-14(16)17)9-6-7-12(15)10-13/h2H,1,3-11H2/t13-/m1/s1. The van der Waals surface area contributed by atoms with E-state index in [0.717, 1.165) is 38.5 Å². The Labute approximate surface area is 102 Å². The van der Waals surface area contributed by atoms with E-state index in [1.54, 1.807) is 0 Å². The highest BCUT2D eigenvalue weighted by molar-refractivity contribution is 5.79. The minimum atomic E-state index is -0.361. The molecule has 4 heteroatoms. The average Bonchev–Trinajstić information content (AvgIpc) is 2.23. The van der Waals surface area contributed by atoms with Gasteiger partial charge in [0.2, 0.25) is 6.54 Å². The van der Waals surface area contributed by atoms with E-state index < -0.39 is 0 Å². The second-order valence-electron chi connectivity index (χ2n) is 5.09. The van der Waals surface area contributed by atoms with Crippen molar-refractivity contribution in [3.63, 3.8) is 0 Å². The van der Waals surface area contributed by atoms with E-state index in [1.807, 2.05) is 6.08 Å². The number of rotatable bonds is 7. The summed E-state index contributed by atoms with van der Waals surface area (Å²) in [6.45, 7) is 3.61. The van der Waals surface area contributed by atoms with Crippen LogP contribution >= 0.6 is 0 Å². The lowest BCUT2D eigenvalue weighted by Gasteiger charge is -2.32. The molecule has 1 fully saturated rings. The van der Waals surface area contributed by atoms with Gasteiger partial charge in [0.1, 0.15) is 5.78 Å². The van der Waals surface area contributed by atoms with Crippen molar-refractivity contribution in [3.8, 4) is 0 Å². The third-order valence-corrected chi connectivity index (χ3v) is 3.56. The minimum Gasteiger partial charge on any atom is -0.300 e. The maximum absolute atomic E-state index is 11.5. The number of hydrogen-bond donors (Lipinski definition) is 0. The molecule has 0 bridgehead atoms. The molecule has 1 saturated carbocycles. The first-order valence-electron chi connectivity index (χ1n) is 6.32. The van der Waals surface area contributed by atoms with Crippen LogP contribution in [0.2, 0.25) is 0 Å². The number of carbonyl (C=O) groups is 1. The van der Waals surface area contributed by atoms with Gasteiger partial charge in [0.25, 0.3) is 0 Å². The molecule has 4 nitrogen and oxygen atoms in total. The van der Waals surface area contributed by atoms with Gasteiger partial charge in [0.15, 0.2) is 0 Å². The summed E-state index contributed by atoms with van der Waals surface area (Å²) < 4.78 is 0. The monoisotopic (exact) mass is 239 g/mol. The van der Waals surface area contributed by atoms with Gasteiger partial charge in [-0.15, -0.1) is 6.58 Å². The predicted octanol–water partition coefficient (Wildman–Crippen LogP) is 3.14. The molecule has 1 atom stereocenters. The van der Waals surface area contributed by atoms with Crippen LogP contribution in [0.1, 0.15) is 51.4 Å². The van der Waals surface area contributed by atoms with Crippen LogP contribution in [-0.2, 0) is 4.79 Å². The molecular weight excluding hydrogens is 218 g/mol. The van der Waals surface area contributed by atoms with Crippen molar-refractivity contribution in [2.24, 2.45) is 5.41 Å². The second kappa shape index (κ2) is 6.52. The summed E-state index contributed by atoms with van der Waals surface area (Å²) in [6, 6.07) is 0. The number of nitrogens with zero attached hydrogens (tertiary/aromatic N) is 1. The Balaban J connectivity index is 2.54. The Bertz CT molecular complexity index is 297. The van der Waals surface area contributed by atoms with Crippen molar-refractivity contribution in [2.45, 2.75) is 51.4 Å². The fraction of sp³-hybridized carbons (Fsp3) is 0.769. The quantitative estimate of drug-likeness (QED) is 0.297. The van der Waals surface area contributed by atoms with Crippen LogP contribution in [-0.4, -0.2) is 17.3 Å². The minimum absolute atomic E-state index is 0.0488. The molecule has 96 valence electrons. The zero-order valence-corrected chi connectivity index (χ0v) is 10.3. The molecule has 0 aliphatic heterocycles. The van der Waals surface area contributed by atoms with Crippen molar-refractivity contribution < 1.29 is 9.72 Å². The molecular formula is C13H21NO3. The Morgan fingerprint density at radius 3 is 2.82 bits per heavy atom. The molecule has 0 spiro atoms. The van der Waals surface area contributed by atoms with Gasteiger partial charge in [-0.25, -0.2) is 0 Å². The maximum atomic E-state index is 11.5. The molecule has 0 radical (unpaired) electrons. The molecule has 0 heterocycles. The van der Waals surface area contributed by atoms with E-state index in [4.69, 9.17) is 0 Å². The molecule has 1 aliphatic carbocycles. The zero-order valence-electron chi connectivity index (χ0n) is 10.3. The Morgan fingerprint density at radius 1 is 1.47 bits per heavy atom. The van der Waals surface area contributed by atoms with Gasteiger partial charge in [-0.2, -0.15) is 0 Å². The van der Waals surface area contributed by atoms with Crippen molar-refractivity contribution in [1.29, 1.82) is 0 Å².